The van der Waals surface area contributed by atoms with Gasteiger partial charge in [0, 0.05) is 37.2 Å². The average Bonchev–Trinajstić information content (AvgIpc) is 2.79. The number of carbonyl (C=O) groups excluding carboxylic acids is 1. The Morgan fingerprint density at radius 1 is 1.00 bits per heavy atom. The van der Waals surface area contributed by atoms with Gasteiger partial charge in [0.2, 0.25) is 0 Å². The minimum absolute atomic E-state index is 0.167. The van der Waals surface area contributed by atoms with Crippen molar-refractivity contribution in [2.24, 2.45) is 0 Å². The molecule has 0 radical (unpaired) electrons. The molecule has 1 aromatic heterocycles. The van der Waals surface area contributed by atoms with E-state index in [1.165, 1.54) is 5.56 Å². The van der Waals surface area contributed by atoms with Crippen LogP contribution in [-0.4, -0.2) is 21.9 Å². The van der Waals surface area contributed by atoms with E-state index >= 15 is 0 Å². The summed E-state index contributed by atoms with van der Waals surface area (Å²) < 4.78 is 1.73. The number of rotatable bonds is 5. The lowest BCUT2D eigenvalue weighted by molar-refractivity contribution is -0.117. The summed E-state index contributed by atoms with van der Waals surface area (Å²) in [4.78, 5) is 29.3. The van der Waals surface area contributed by atoms with Crippen LogP contribution >= 0.6 is 0 Å². The number of carbonyl (C=O) groups is 1. The van der Waals surface area contributed by atoms with E-state index < -0.39 is 0 Å². The van der Waals surface area contributed by atoms with E-state index in [4.69, 9.17) is 0 Å². The van der Waals surface area contributed by atoms with Crippen molar-refractivity contribution in [2.45, 2.75) is 32.2 Å². The molecule has 32 heavy (non-hydrogen) atoms. The molecule has 5 heteroatoms. The Hall–Kier alpha value is -3.73. The molecule has 0 saturated carbocycles. The molecule has 0 amide bonds. The predicted octanol–water partition coefficient (Wildman–Crippen LogP) is 4.27. The summed E-state index contributed by atoms with van der Waals surface area (Å²) >= 11 is 0. The van der Waals surface area contributed by atoms with Crippen LogP contribution < -0.4 is 11.0 Å². The molecule has 0 saturated heterocycles. The maximum atomic E-state index is 12.6. The number of Topliss-reactive ketones (excluding diaryl/α,β-unsaturated/α-hetero) is 1. The summed E-state index contributed by atoms with van der Waals surface area (Å²) in [6.45, 7) is 3.38. The quantitative estimate of drug-likeness (QED) is 0.521. The molecular weight excluding hydrogens is 398 g/mol. The second-order valence-corrected chi connectivity index (χ2v) is 8.57. The summed E-state index contributed by atoms with van der Waals surface area (Å²) in [5.74, 6) is 1.22. The first-order valence-electron chi connectivity index (χ1n) is 11.0. The van der Waals surface area contributed by atoms with E-state index in [0.717, 1.165) is 40.0 Å². The molecule has 0 bridgehead atoms. The number of nitrogens with zero attached hydrogens (tertiary/aromatic N) is 2. The molecule has 0 aliphatic carbocycles. The maximum Gasteiger partial charge on any atom is 0.349 e. The third-order valence-corrected chi connectivity index (χ3v) is 6.13. The third-order valence-electron chi connectivity index (χ3n) is 6.13. The first kappa shape index (κ1) is 20.2. The molecule has 0 fully saturated rings. The van der Waals surface area contributed by atoms with Crippen LogP contribution in [-0.2, 0) is 24.2 Å². The number of aromatic nitrogens is 2. The van der Waals surface area contributed by atoms with E-state index in [2.05, 4.69) is 28.5 Å². The van der Waals surface area contributed by atoms with Crippen molar-refractivity contribution >= 4 is 22.5 Å². The largest absolute Gasteiger partial charge is 0.370 e. The predicted molar refractivity (Wildman–Crippen MR) is 127 cm³/mol. The summed E-state index contributed by atoms with van der Waals surface area (Å²) in [6.07, 6.45) is 0.881. The van der Waals surface area contributed by atoms with Crippen LogP contribution in [0.25, 0.3) is 10.9 Å². The Bertz CT molecular complexity index is 1360. The number of aryl methyl sites for hydroxylation is 1. The third kappa shape index (κ3) is 4.06. The second kappa shape index (κ2) is 8.42. The van der Waals surface area contributed by atoms with Crippen LogP contribution in [0.3, 0.4) is 0 Å². The molecule has 5 rings (SSSR count). The van der Waals surface area contributed by atoms with Crippen molar-refractivity contribution < 1.29 is 4.79 Å². The lowest BCUT2D eigenvalue weighted by Gasteiger charge is -2.28. The van der Waals surface area contributed by atoms with Gasteiger partial charge in [0.25, 0.3) is 0 Å². The minimum atomic E-state index is -0.228. The van der Waals surface area contributed by atoms with Crippen LogP contribution in [0.5, 0.6) is 0 Å². The number of nitrogens with one attached hydrogen (secondary N) is 1. The zero-order chi connectivity index (χ0) is 22.1. The highest BCUT2D eigenvalue weighted by Crippen LogP contribution is 2.28. The first-order chi connectivity index (χ1) is 15.6. The van der Waals surface area contributed by atoms with Gasteiger partial charge in [-0.05, 0) is 35.7 Å². The fourth-order valence-electron chi connectivity index (χ4n) is 4.51. The zero-order valence-electron chi connectivity index (χ0n) is 18.0. The Labute approximate surface area is 186 Å². The smallest absolute Gasteiger partial charge is 0.349 e. The highest BCUT2D eigenvalue weighted by atomic mass is 16.1. The highest BCUT2D eigenvalue weighted by molar-refractivity contribution is 5.89. The van der Waals surface area contributed by atoms with Gasteiger partial charge in [0.05, 0.1) is 5.52 Å². The van der Waals surface area contributed by atoms with Gasteiger partial charge < -0.3 is 5.32 Å². The SMILES string of the molecule is Cc1cccc(CC(=O)Cc2ccc(C3CNc4c5ccccc5nc(=O)n4C3)cc2)c1. The maximum absolute atomic E-state index is 12.6. The van der Waals surface area contributed by atoms with Crippen LogP contribution in [0.15, 0.2) is 77.6 Å². The molecular formula is C27H25N3O2. The number of para-hydroxylation sites is 1. The number of ketones is 1. The molecule has 3 aromatic carbocycles. The lowest BCUT2D eigenvalue weighted by Crippen LogP contribution is -2.35. The van der Waals surface area contributed by atoms with Crippen LogP contribution in [0, 0.1) is 6.92 Å². The molecule has 0 spiro atoms. The Morgan fingerprint density at radius 3 is 2.59 bits per heavy atom. The number of hydrogen-bond donors (Lipinski definition) is 1. The zero-order valence-corrected chi connectivity index (χ0v) is 18.0. The average molecular weight is 424 g/mol. The fraction of sp³-hybridized carbons (Fsp3) is 0.222. The van der Waals surface area contributed by atoms with Gasteiger partial charge >= 0.3 is 5.69 Å². The van der Waals surface area contributed by atoms with Crippen molar-refractivity contribution in [1.29, 1.82) is 0 Å². The molecule has 4 aromatic rings. The second-order valence-electron chi connectivity index (χ2n) is 8.57. The van der Waals surface area contributed by atoms with Gasteiger partial charge in [-0.3, -0.25) is 9.36 Å². The van der Waals surface area contributed by atoms with Crippen LogP contribution in [0.2, 0.25) is 0 Å². The molecule has 1 unspecified atom stereocenters. The highest BCUT2D eigenvalue weighted by Gasteiger charge is 2.23. The van der Waals surface area contributed by atoms with Crippen molar-refractivity contribution in [3.63, 3.8) is 0 Å². The molecule has 1 aliphatic rings. The summed E-state index contributed by atoms with van der Waals surface area (Å²) in [5.41, 5.74) is 4.89. The van der Waals surface area contributed by atoms with Gasteiger partial charge in [0.15, 0.2) is 0 Å². The van der Waals surface area contributed by atoms with Gasteiger partial charge in [-0.1, -0.05) is 66.2 Å². The summed E-state index contributed by atoms with van der Waals surface area (Å²) in [5, 5.41) is 4.41. The van der Waals surface area contributed by atoms with Crippen molar-refractivity contribution in [3.05, 3.63) is 106 Å². The van der Waals surface area contributed by atoms with E-state index in [-0.39, 0.29) is 17.4 Å². The van der Waals surface area contributed by atoms with Crippen molar-refractivity contribution in [3.8, 4) is 0 Å². The Kier molecular flexibility index (Phi) is 5.31. The normalized spacial score (nSPS) is 15.2. The van der Waals surface area contributed by atoms with Crippen molar-refractivity contribution in [2.75, 3.05) is 11.9 Å². The number of benzene rings is 3. The molecule has 1 atom stereocenters. The molecule has 160 valence electrons. The fourth-order valence-corrected chi connectivity index (χ4v) is 4.51. The van der Waals surface area contributed by atoms with E-state index in [1.54, 1.807) is 4.57 Å². The number of fused-ring (bicyclic) bond motifs is 3. The summed E-state index contributed by atoms with van der Waals surface area (Å²) in [7, 11) is 0. The Balaban J connectivity index is 1.29. The number of hydrogen-bond acceptors (Lipinski definition) is 4. The topological polar surface area (TPSA) is 64.0 Å². The lowest BCUT2D eigenvalue weighted by atomic mass is 9.94. The van der Waals surface area contributed by atoms with Gasteiger partial charge in [-0.2, -0.15) is 4.98 Å². The molecule has 1 aliphatic heterocycles. The van der Waals surface area contributed by atoms with Crippen LogP contribution in [0.1, 0.15) is 28.2 Å². The van der Waals surface area contributed by atoms with Crippen LogP contribution in [0.4, 0.5) is 5.82 Å². The monoisotopic (exact) mass is 423 g/mol. The van der Waals surface area contributed by atoms with Crippen molar-refractivity contribution in [1.82, 2.24) is 9.55 Å². The Morgan fingerprint density at radius 2 is 1.78 bits per heavy atom. The summed E-state index contributed by atoms with van der Waals surface area (Å²) in [6, 6.07) is 24.0. The molecule has 2 heterocycles. The standard InChI is InChI=1S/C27H25N3O2/c1-18-5-4-6-20(13-18)15-23(31)14-19-9-11-21(12-10-19)22-16-28-26-24-7-2-3-8-25(24)29-27(32)30(26)17-22/h2-13,22,28H,14-17H2,1H3. The van der Waals surface area contributed by atoms with E-state index in [0.29, 0.717) is 19.4 Å². The molecule has 1 N–H and O–H groups in total. The van der Waals surface area contributed by atoms with Gasteiger partial charge in [-0.25, -0.2) is 4.79 Å². The van der Waals surface area contributed by atoms with Gasteiger partial charge in [0.1, 0.15) is 11.6 Å². The van der Waals surface area contributed by atoms with E-state index in [9.17, 15) is 9.59 Å². The first-order valence-corrected chi connectivity index (χ1v) is 11.0. The molecule has 5 nitrogen and oxygen atoms in total. The number of anilines is 1. The minimum Gasteiger partial charge on any atom is -0.370 e. The van der Waals surface area contributed by atoms with E-state index in [1.807, 2.05) is 61.5 Å². The van der Waals surface area contributed by atoms with Gasteiger partial charge in [-0.15, -0.1) is 0 Å².